The molecule has 1 N–H and O–H groups in total. The van der Waals surface area contributed by atoms with Gasteiger partial charge in [0.05, 0.1) is 34.4 Å². The Morgan fingerprint density at radius 2 is 0.951 bits per heavy atom. The van der Waals surface area contributed by atoms with Gasteiger partial charge in [-0.25, -0.2) is 9.59 Å². The van der Waals surface area contributed by atoms with Crippen molar-refractivity contribution in [1.82, 2.24) is 0 Å². The summed E-state index contributed by atoms with van der Waals surface area (Å²) in [6.07, 6.45) is 1.40. The van der Waals surface area contributed by atoms with Gasteiger partial charge in [-0.1, -0.05) is 87.7 Å². The lowest BCUT2D eigenvalue weighted by molar-refractivity contribution is 0.0464. The van der Waals surface area contributed by atoms with E-state index in [-0.39, 0.29) is 36.6 Å². The molecule has 0 amide bonds. The fourth-order valence-corrected chi connectivity index (χ4v) is 5.90. The average Bonchev–Trinajstić information content (AvgIpc) is 3.29. The molecule has 6 rings (SSSR count). The zero-order valence-electron chi connectivity index (χ0n) is 33.4. The van der Waals surface area contributed by atoms with E-state index in [9.17, 15) is 19.2 Å². The van der Waals surface area contributed by atoms with Gasteiger partial charge in [0.1, 0.15) is 55.4 Å². The molecule has 6 aromatic carbocycles. The first-order valence-corrected chi connectivity index (χ1v) is 20.8. The summed E-state index contributed by atoms with van der Waals surface area (Å²) in [5.74, 6) is 1.37. The van der Waals surface area contributed by atoms with Gasteiger partial charge in [-0.15, -0.1) is 0 Å². The Morgan fingerprint density at radius 1 is 0.541 bits per heavy atom. The van der Waals surface area contributed by atoms with Gasteiger partial charge in [0.2, 0.25) is 0 Å². The molecule has 0 radical (unpaired) electrons. The Balaban J connectivity index is 0.000000228. The van der Waals surface area contributed by atoms with Crippen molar-refractivity contribution in [2.24, 2.45) is 0 Å². The van der Waals surface area contributed by atoms with Gasteiger partial charge < -0.3 is 28.8 Å². The Morgan fingerprint density at radius 3 is 1.36 bits per heavy atom. The number of aromatic hydroxyl groups is 1. The minimum Gasteiger partial charge on any atom is -0.506 e. The van der Waals surface area contributed by atoms with Gasteiger partial charge in [-0.3, -0.25) is 9.59 Å². The van der Waals surface area contributed by atoms with Gasteiger partial charge >= 0.3 is 11.9 Å². The Bertz CT molecular complexity index is 2320. The van der Waals surface area contributed by atoms with E-state index in [0.717, 1.165) is 45.4 Å². The maximum absolute atomic E-state index is 12.3. The summed E-state index contributed by atoms with van der Waals surface area (Å²) in [5.41, 5.74) is 5.77. The molecule has 0 aromatic heterocycles. The van der Waals surface area contributed by atoms with Crippen LogP contribution in [0.1, 0.15) is 77.5 Å². The van der Waals surface area contributed by atoms with Crippen LogP contribution in [0.25, 0.3) is 0 Å². The van der Waals surface area contributed by atoms with Crippen molar-refractivity contribution < 1.29 is 48.0 Å². The highest BCUT2D eigenvalue weighted by molar-refractivity contribution is 9.08. The molecule has 13 heteroatoms. The lowest BCUT2D eigenvalue weighted by Crippen LogP contribution is -2.06. The summed E-state index contributed by atoms with van der Waals surface area (Å²) >= 11 is 15.0. The van der Waals surface area contributed by atoms with E-state index in [2.05, 4.69) is 15.9 Å². The average molecular weight is 931 g/mol. The van der Waals surface area contributed by atoms with Crippen molar-refractivity contribution in [3.8, 4) is 23.0 Å². The maximum atomic E-state index is 12.3. The molecule has 0 saturated carbocycles. The number of hydrogen-bond acceptors (Lipinski definition) is 10. The number of aldehydes is 2. The molecule has 0 spiro atoms. The summed E-state index contributed by atoms with van der Waals surface area (Å²) in [6, 6.07) is 38.4. The van der Waals surface area contributed by atoms with E-state index in [1.54, 1.807) is 54.6 Å². The number of hydrogen-bond donors (Lipinski definition) is 1. The number of phenolic OH excluding ortho intramolecular Hbond substituents is 1. The zero-order chi connectivity index (χ0) is 44.0. The van der Waals surface area contributed by atoms with E-state index in [1.165, 1.54) is 18.2 Å². The van der Waals surface area contributed by atoms with Crippen LogP contribution in [0.15, 0.2) is 133 Å². The van der Waals surface area contributed by atoms with Crippen LogP contribution in [-0.2, 0) is 34.6 Å². The molecule has 6 aromatic rings. The second kappa shape index (κ2) is 25.5. The second-order valence-electron chi connectivity index (χ2n) is 12.8. The number of esters is 2. The lowest BCUT2D eigenvalue weighted by Gasteiger charge is -2.09. The van der Waals surface area contributed by atoms with Gasteiger partial charge in [0, 0.05) is 16.5 Å². The largest absolute Gasteiger partial charge is 0.506 e. The van der Waals surface area contributed by atoms with Crippen LogP contribution in [0.2, 0.25) is 10.0 Å². The Hall–Kier alpha value is -6.14. The highest BCUT2D eigenvalue weighted by atomic mass is 79.9. The van der Waals surface area contributed by atoms with E-state index >= 15 is 0 Å². The van der Waals surface area contributed by atoms with Crippen LogP contribution in [0, 0.1) is 0 Å². The Labute approximate surface area is 373 Å². The van der Waals surface area contributed by atoms with E-state index in [4.69, 9.17) is 52.0 Å². The summed E-state index contributed by atoms with van der Waals surface area (Å²) in [5, 5.41) is 10.2. The van der Waals surface area contributed by atoms with Crippen LogP contribution in [0.3, 0.4) is 0 Å². The minimum absolute atomic E-state index is 0.00716. The number of benzene rings is 6. The van der Waals surface area contributed by atoms with Crippen LogP contribution >= 0.6 is 39.1 Å². The Kier molecular flexibility index (Phi) is 19.9. The molecule has 0 fully saturated rings. The molecule has 0 saturated heterocycles. The van der Waals surface area contributed by atoms with Crippen LogP contribution in [0.4, 0.5) is 0 Å². The van der Waals surface area contributed by atoms with Crippen LogP contribution in [0.5, 0.6) is 23.0 Å². The van der Waals surface area contributed by atoms with E-state index < -0.39 is 5.97 Å². The van der Waals surface area contributed by atoms with Crippen molar-refractivity contribution in [1.29, 1.82) is 0 Å². The number of phenols is 1. The standard InChI is InChI=1S/C24H21ClO5.C17H17BrO3.C7H5ClO2/c1-2-28-21-10-5-18(6-11-21)16-30-24(27)20-8-3-17(4-9-20)15-29-23-12-7-19(14-26)13-22(23)25;1-2-20-16-9-5-14(6-10-16)12-21-17(19)15-7-3-13(11-18)4-8-15;8-6-3-5(4-9)1-2-7(6)10/h3-14H,2,15-16H2,1H3;3-10H,2,11-12H2,1H3;1-4,10H. The second-order valence-corrected chi connectivity index (χ2v) is 14.1. The highest BCUT2D eigenvalue weighted by Gasteiger charge is 2.10. The minimum atomic E-state index is -0.399. The van der Waals surface area contributed by atoms with Gasteiger partial charge in [-0.05, 0) is 121 Å². The molecule has 0 heterocycles. The van der Waals surface area contributed by atoms with E-state index in [1.807, 2.05) is 74.5 Å². The highest BCUT2D eigenvalue weighted by Crippen LogP contribution is 2.26. The normalized spacial score (nSPS) is 10.1. The summed E-state index contributed by atoms with van der Waals surface area (Å²) < 4.78 is 27.1. The SMILES string of the molecule is CCOc1ccc(COC(=O)c2ccc(CBr)cc2)cc1.CCOc1ccc(COC(=O)c2ccc(COc3ccc(C=O)cc3Cl)cc2)cc1.O=Cc1ccc(O)c(Cl)c1. The smallest absolute Gasteiger partial charge is 0.338 e. The predicted molar refractivity (Wildman–Crippen MR) is 239 cm³/mol. The van der Waals surface area contributed by atoms with Gasteiger partial charge in [-0.2, -0.15) is 0 Å². The maximum Gasteiger partial charge on any atom is 0.338 e. The zero-order valence-corrected chi connectivity index (χ0v) is 36.5. The quantitative estimate of drug-likeness (QED) is 0.0568. The summed E-state index contributed by atoms with van der Waals surface area (Å²) in [6.45, 7) is 5.83. The number of ether oxygens (including phenoxy) is 5. The molecule has 0 aliphatic heterocycles. The van der Waals surface area contributed by atoms with Crippen molar-refractivity contribution in [3.05, 3.63) is 188 Å². The molecular formula is C48H43BrCl2O10. The van der Waals surface area contributed by atoms with Crippen molar-refractivity contribution in [3.63, 3.8) is 0 Å². The molecule has 10 nitrogen and oxygen atoms in total. The van der Waals surface area contributed by atoms with Crippen molar-refractivity contribution in [2.75, 3.05) is 13.2 Å². The van der Waals surface area contributed by atoms with Crippen molar-refractivity contribution in [2.45, 2.75) is 39.0 Å². The molecule has 0 aliphatic rings. The monoisotopic (exact) mass is 928 g/mol. The predicted octanol–water partition coefficient (Wildman–Crippen LogP) is 11.7. The van der Waals surface area contributed by atoms with Crippen LogP contribution < -0.4 is 14.2 Å². The third kappa shape index (κ3) is 16.1. The first-order valence-electron chi connectivity index (χ1n) is 18.9. The number of carbonyl (C=O) groups excluding carboxylic acids is 4. The molecule has 0 aliphatic carbocycles. The summed E-state index contributed by atoms with van der Waals surface area (Å²) in [4.78, 5) is 45.1. The fourth-order valence-electron chi connectivity index (χ4n) is 5.09. The van der Waals surface area contributed by atoms with E-state index in [0.29, 0.717) is 52.5 Å². The number of rotatable bonds is 16. The topological polar surface area (TPSA) is 135 Å². The van der Waals surface area contributed by atoms with Crippen LogP contribution in [-0.4, -0.2) is 42.8 Å². The fraction of sp³-hybridized carbons (Fsp3) is 0.167. The number of halogens is 3. The number of carbonyl (C=O) groups is 4. The molecule has 0 bridgehead atoms. The first-order chi connectivity index (χ1) is 29.5. The molecule has 0 unspecified atom stereocenters. The molecule has 0 atom stereocenters. The molecular weight excluding hydrogens is 887 g/mol. The van der Waals surface area contributed by atoms with Gasteiger partial charge in [0.25, 0.3) is 0 Å². The summed E-state index contributed by atoms with van der Waals surface area (Å²) in [7, 11) is 0. The molecule has 61 heavy (non-hydrogen) atoms. The third-order valence-corrected chi connectivity index (χ3v) is 9.58. The first kappa shape index (κ1) is 47.5. The lowest BCUT2D eigenvalue weighted by atomic mass is 10.1. The van der Waals surface area contributed by atoms with Gasteiger partial charge in [0.15, 0.2) is 0 Å². The number of alkyl halides is 1. The van der Waals surface area contributed by atoms with Crippen molar-refractivity contribution >= 4 is 63.6 Å². The third-order valence-electron chi connectivity index (χ3n) is 8.34. The molecule has 316 valence electrons.